The van der Waals surface area contributed by atoms with Crippen LogP contribution in [0.25, 0.3) is 16.6 Å². The molecule has 0 aliphatic carbocycles. The van der Waals surface area contributed by atoms with E-state index in [9.17, 15) is 9.59 Å². The Morgan fingerprint density at radius 3 is 2.73 bits per heavy atom. The van der Waals surface area contributed by atoms with Gasteiger partial charge >= 0.3 is 0 Å². The second-order valence-electron chi connectivity index (χ2n) is 7.28. The molecule has 0 radical (unpaired) electrons. The molecule has 0 N–H and O–H groups in total. The molecule has 0 saturated heterocycles. The van der Waals surface area contributed by atoms with Crippen molar-refractivity contribution in [2.24, 2.45) is 0 Å². The van der Waals surface area contributed by atoms with E-state index in [1.165, 1.54) is 10.9 Å². The first-order valence-corrected chi connectivity index (χ1v) is 9.59. The van der Waals surface area contributed by atoms with E-state index in [0.717, 1.165) is 17.1 Å². The summed E-state index contributed by atoms with van der Waals surface area (Å²) in [6.07, 6.45) is 1.43. The fraction of sp³-hybridized carbons (Fsp3) is 0.174. The van der Waals surface area contributed by atoms with Crippen molar-refractivity contribution < 1.29 is 14.3 Å². The van der Waals surface area contributed by atoms with Gasteiger partial charge in [-0.3, -0.25) is 14.2 Å². The number of aromatic nitrogens is 3. The van der Waals surface area contributed by atoms with Crippen LogP contribution in [0.15, 0.2) is 59.7 Å². The minimum Gasteiger partial charge on any atom is -0.454 e. The SMILES string of the molecule is Cc1cc(C(=O)Cn2cnc3ccccc3c2=O)c(C)n1-c1ccc2c(c1)OCO2. The monoisotopic (exact) mass is 401 g/mol. The molecule has 3 heterocycles. The maximum Gasteiger partial charge on any atom is 0.261 e. The molecule has 0 bridgehead atoms. The lowest BCUT2D eigenvalue weighted by Crippen LogP contribution is -2.24. The van der Waals surface area contributed by atoms with Gasteiger partial charge in [-0.2, -0.15) is 0 Å². The molecular weight excluding hydrogens is 382 g/mol. The first kappa shape index (κ1) is 18.2. The summed E-state index contributed by atoms with van der Waals surface area (Å²) in [6.45, 7) is 3.98. The number of rotatable bonds is 4. The fourth-order valence-electron chi connectivity index (χ4n) is 3.93. The van der Waals surface area contributed by atoms with Gasteiger partial charge in [0.05, 0.1) is 23.8 Å². The van der Waals surface area contributed by atoms with Crippen LogP contribution < -0.4 is 15.0 Å². The molecule has 1 aliphatic rings. The number of fused-ring (bicyclic) bond motifs is 2. The zero-order valence-electron chi connectivity index (χ0n) is 16.6. The molecule has 30 heavy (non-hydrogen) atoms. The standard InChI is InChI=1S/C23H19N3O4/c1-14-9-18(15(2)26(14)16-7-8-21-22(10-16)30-13-29-21)20(27)11-25-12-24-19-6-4-3-5-17(19)23(25)28/h3-10,12H,11,13H2,1-2H3. The predicted octanol–water partition coefficient (Wildman–Crippen LogP) is 3.42. The third-order valence-electron chi connectivity index (χ3n) is 5.39. The van der Waals surface area contributed by atoms with Gasteiger partial charge in [-0.15, -0.1) is 0 Å². The number of aryl methyl sites for hydroxylation is 1. The summed E-state index contributed by atoms with van der Waals surface area (Å²) in [5, 5.41) is 0.499. The highest BCUT2D eigenvalue weighted by molar-refractivity contribution is 5.97. The lowest BCUT2D eigenvalue weighted by Gasteiger charge is -2.11. The second kappa shape index (κ2) is 6.88. The highest BCUT2D eigenvalue weighted by Crippen LogP contribution is 2.35. The number of ketones is 1. The molecule has 0 amide bonds. The molecule has 150 valence electrons. The van der Waals surface area contributed by atoms with Crippen molar-refractivity contribution >= 4 is 16.7 Å². The highest BCUT2D eigenvalue weighted by Gasteiger charge is 2.20. The van der Waals surface area contributed by atoms with Gasteiger partial charge in [0.15, 0.2) is 17.3 Å². The first-order valence-electron chi connectivity index (χ1n) is 9.59. The molecular formula is C23H19N3O4. The number of Topliss-reactive ketones (excluding diaryl/α,β-unsaturated/α-hetero) is 1. The van der Waals surface area contributed by atoms with Crippen LogP contribution in [-0.2, 0) is 6.54 Å². The maximum absolute atomic E-state index is 13.1. The topological polar surface area (TPSA) is 75.4 Å². The largest absolute Gasteiger partial charge is 0.454 e. The van der Waals surface area contributed by atoms with Gasteiger partial charge in [0.25, 0.3) is 5.56 Å². The van der Waals surface area contributed by atoms with Crippen molar-refractivity contribution in [3.05, 3.63) is 82.2 Å². The third-order valence-corrected chi connectivity index (χ3v) is 5.39. The minimum absolute atomic E-state index is 0.0674. The van der Waals surface area contributed by atoms with E-state index in [-0.39, 0.29) is 24.7 Å². The first-order chi connectivity index (χ1) is 14.5. The second-order valence-corrected chi connectivity index (χ2v) is 7.28. The number of benzene rings is 2. The Balaban J connectivity index is 1.50. The smallest absolute Gasteiger partial charge is 0.261 e. The molecule has 2 aromatic heterocycles. The van der Waals surface area contributed by atoms with Crippen molar-refractivity contribution in [2.45, 2.75) is 20.4 Å². The number of hydrogen-bond acceptors (Lipinski definition) is 5. The quantitative estimate of drug-likeness (QED) is 0.490. The molecule has 5 rings (SSSR count). The normalized spacial score (nSPS) is 12.5. The third kappa shape index (κ3) is 2.86. The summed E-state index contributed by atoms with van der Waals surface area (Å²) in [6, 6.07) is 14.7. The Kier molecular flexibility index (Phi) is 4.17. The van der Waals surface area contributed by atoms with E-state index in [2.05, 4.69) is 4.98 Å². The average Bonchev–Trinajstić information content (AvgIpc) is 3.33. The summed E-state index contributed by atoms with van der Waals surface area (Å²) in [5.74, 6) is 1.25. The molecule has 0 saturated carbocycles. The Hall–Kier alpha value is -3.87. The Labute approximate surface area is 172 Å². The van der Waals surface area contributed by atoms with Gasteiger partial charge in [-0.25, -0.2) is 4.98 Å². The molecule has 4 aromatic rings. The summed E-state index contributed by atoms with van der Waals surface area (Å²) in [4.78, 5) is 30.1. The summed E-state index contributed by atoms with van der Waals surface area (Å²) in [7, 11) is 0. The summed E-state index contributed by atoms with van der Waals surface area (Å²) in [5.41, 5.74) is 3.57. The molecule has 2 aromatic carbocycles. The predicted molar refractivity (Wildman–Crippen MR) is 112 cm³/mol. The van der Waals surface area contributed by atoms with E-state index in [1.54, 1.807) is 18.2 Å². The van der Waals surface area contributed by atoms with Crippen LogP contribution in [0.3, 0.4) is 0 Å². The van der Waals surface area contributed by atoms with Crippen molar-refractivity contribution in [1.29, 1.82) is 0 Å². The van der Waals surface area contributed by atoms with Gasteiger partial charge < -0.3 is 14.0 Å². The number of para-hydroxylation sites is 1. The van der Waals surface area contributed by atoms with Gasteiger partial charge in [-0.1, -0.05) is 12.1 Å². The van der Waals surface area contributed by atoms with Gasteiger partial charge in [-0.05, 0) is 44.2 Å². The highest BCUT2D eigenvalue weighted by atomic mass is 16.7. The molecule has 0 unspecified atom stereocenters. The number of ether oxygens (including phenoxy) is 2. The van der Waals surface area contributed by atoms with Crippen molar-refractivity contribution in [2.75, 3.05) is 6.79 Å². The zero-order chi connectivity index (χ0) is 20.8. The zero-order valence-corrected chi connectivity index (χ0v) is 16.6. The van der Waals surface area contributed by atoms with E-state index in [1.807, 2.05) is 48.7 Å². The van der Waals surface area contributed by atoms with Crippen molar-refractivity contribution in [1.82, 2.24) is 14.1 Å². The summed E-state index contributed by atoms with van der Waals surface area (Å²) < 4.78 is 14.2. The van der Waals surface area contributed by atoms with E-state index in [0.29, 0.717) is 28.0 Å². The van der Waals surface area contributed by atoms with Crippen LogP contribution in [0.2, 0.25) is 0 Å². The number of nitrogens with zero attached hydrogens (tertiary/aromatic N) is 3. The molecule has 7 heteroatoms. The van der Waals surface area contributed by atoms with Crippen LogP contribution in [0, 0.1) is 13.8 Å². The van der Waals surface area contributed by atoms with E-state index < -0.39 is 0 Å². The average molecular weight is 401 g/mol. The van der Waals surface area contributed by atoms with Crippen LogP contribution >= 0.6 is 0 Å². The van der Waals surface area contributed by atoms with Crippen LogP contribution in [0.5, 0.6) is 11.5 Å². The molecule has 7 nitrogen and oxygen atoms in total. The van der Waals surface area contributed by atoms with E-state index in [4.69, 9.17) is 9.47 Å². The molecule has 0 atom stereocenters. The lowest BCUT2D eigenvalue weighted by molar-refractivity contribution is 0.0970. The maximum atomic E-state index is 13.1. The Bertz CT molecular complexity index is 1370. The molecule has 0 fully saturated rings. The number of hydrogen-bond donors (Lipinski definition) is 0. The fourth-order valence-corrected chi connectivity index (χ4v) is 3.93. The van der Waals surface area contributed by atoms with Gasteiger partial charge in [0, 0.05) is 28.7 Å². The lowest BCUT2D eigenvalue weighted by atomic mass is 10.1. The van der Waals surface area contributed by atoms with Crippen LogP contribution in [-0.4, -0.2) is 26.7 Å². The van der Waals surface area contributed by atoms with Crippen LogP contribution in [0.4, 0.5) is 0 Å². The van der Waals surface area contributed by atoms with Crippen LogP contribution in [0.1, 0.15) is 21.7 Å². The minimum atomic E-state index is -0.224. The van der Waals surface area contributed by atoms with Gasteiger partial charge in [0.2, 0.25) is 6.79 Å². The number of carbonyl (C=O) groups is 1. The number of carbonyl (C=O) groups excluding carboxylic acids is 1. The van der Waals surface area contributed by atoms with Crippen molar-refractivity contribution in [3.8, 4) is 17.2 Å². The van der Waals surface area contributed by atoms with Gasteiger partial charge in [0.1, 0.15) is 0 Å². The van der Waals surface area contributed by atoms with Crippen molar-refractivity contribution in [3.63, 3.8) is 0 Å². The molecule has 0 spiro atoms. The Morgan fingerprint density at radius 1 is 1.07 bits per heavy atom. The summed E-state index contributed by atoms with van der Waals surface area (Å²) >= 11 is 0. The van der Waals surface area contributed by atoms with E-state index >= 15 is 0 Å². The Morgan fingerprint density at radius 2 is 1.87 bits per heavy atom. The molecule has 1 aliphatic heterocycles.